The Bertz CT molecular complexity index is 835. The fraction of sp³-hybridized carbons (Fsp3) is 0.440. The van der Waals surface area contributed by atoms with Crippen molar-refractivity contribution in [1.82, 2.24) is 10.2 Å². The summed E-state index contributed by atoms with van der Waals surface area (Å²) in [6.07, 6.45) is 1.44. The number of nitrogens with zero attached hydrogens (tertiary/aromatic N) is 1. The van der Waals surface area contributed by atoms with Crippen LogP contribution in [0.25, 0.3) is 0 Å². The third-order valence-electron chi connectivity index (χ3n) is 5.21. The van der Waals surface area contributed by atoms with E-state index in [0.717, 1.165) is 22.4 Å². The Morgan fingerprint density at radius 2 is 1.70 bits per heavy atom. The van der Waals surface area contributed by atoms with Gasteiger partial charge in [-0.1, -0.05) is 61.4 Å². The number of nitrogens with one attached hydrogen (secondary N) is 1. The van der Waals surface area contributed by atoms with E-state index in [9.17, 15) is 9.59 Å². The van der Waals surface area contributed by atoms with Gasteiger partial charge in [-0.15, -0.1) is 11.8 Å². The van der Waals surface area contributed by atoms with Crippen LogP contribution < -0.4 is 5.32 Å². The highest BCUT2D eigenvalue weighted by molar-refractivity contribution is 8.00. The van der Waals surface area contributed by atoms with Gasteiger partial charge in [0.05, 0.1) is 5.75 Å². The van der Waals surface area contributed by atoms with E-state index in [1.54, 1.807) is 4.90 Å². The standard InChI is InChI=1S/C25H34N2O2S/c1-6-20(5)26-25(29)23(7-2)27(16-21-10-8-9-19(4)15-21)24(28)17-30-22-13-11-18(3)12-14-22/h8-15,20,23H,6-7,16-17H2,1-5H3,(H,26,29)/t20-,23-/m1/s1. The van der Waals surface area contributed by atoms with Crippen LogP contribution in [0.2, 0.25) is 0 Å². The predicted molar refractivity (Wildman–Crippen MR) is 126 cm³/mol. The van der Waals surface area contributed by atoms with Crippen LogP contribution in [0, 0.1) is 13.8 Å². The van der Waals surface area contributed by atoms with Crippen molar-refractivity contribution in [3.63, 3.8) is 0 Å². The smallest absolute Gasteiger partial charge is 0.243 e. The average Bonchev–Trinajstić information content (AvgIpc) is 2.72. The maximum atomic E-state index is 13.3. The number of amides is 2. The van der Waals surface area contributed by atoms with Crippen molar-refractivity contribution in [2.45, 2.75) is 71.0 Å². The number of hydrogen-bond acceptors (Lipinski definition) is 3. The maximum Gasteiger partial charge on any atom is 0.243 e. The van der Waals surface area contributed by atoms with Crippen LogP contribution >= 0.6 is 11.8 Å². The molecule has 1 N–H and O–H groups in total. The average molecular weight is 427 g/mol. The molecule has 0 fully saturated rings. The minimum atomic E-state index is -0.481. The van der Waals surface area contributed by atoms with Crippen LogP contribution in [-0.2, 0) is 16.1 Å². The lowest BCUT2D eigenvalue weighted by Crippen LogP contribution is -2.51. The molecule has 0 aliphatic carbocycles. The van der Waals surface area contributed by atoms with Gasteiger partial charge in [-0.25, -0.2) is 0 Å². The largest absolute Gasteiger partial charge is 0.352 e. The van der Waals surface area contributed by atoms with E-state index in [1.165, 1.54) is 17.3 Å². The molecule has 0 bridgehead atoms. The van der Waals surface area contributed by atoms with Gasteiger partial charge < -0.3 is 10.2 Å². The van der Waals surface area contributed by atoms with Crippen molar-refractivity contribution in [2.24, 2.45) is 0 Å². The highest BCUT2D eigenvalue weighted by Crippen LogP contribution is 2.21. The normalized spacial score (nSPS) is 12.8. The molecular weight excluding hydrogens is 392 g/mol. The highest BCUT2D eigenvalue weighted by atomic mass is 32.2. The summed E-state index contributed by atoms with van der Waals surface area (Å²) < 4.78 is 0. The van der Waals surface area contributed by atoms with Crippen LogP contribution in [0.15, 0.2) is 53.4 Å². The molecule has 0 heterocycles. The number of benzene rings is 2. The van der Waals surface area contributed by atoms with Crippen molar-refractivity contribution < 1.29 is 9.59 Å². The van der Waals surface area contributed by atoms with E-state index in [0.29, 0.717) is 18.7 Å². The first-order valence-electron chi connectivity index (χ1n) is 10.7. The van der Waals surface area contributed by atoms with Gasteiger partial charge in [0.1, 0.15) is 6.04 Å². The summed E-state index contributed by atoms with van der Waals surface area (Å²) in [5, 5.41) is 3.05. The molecule has 0 aliphatic heterocycles. The number of rotatable bonds is 10. The van der Waals surface area contributed by atoms with Gasteiger partial charge in [-0.05, 0) is 51.3 Å². The SMILES string of the molecule is CC[C@@H](C)NC(=O)[C@@H](CC)N(Cc1cccc(C)c1)C(=O)CSc1ccc(C)cc1. The molecule has 4 nitrogen and oxygen atoms in total. The van der Waals surface area contributed by atoms with Crippen molar-refractivity contribution in [1.29, 1.82) is 0 Å². The number of carbonyl (C=O) groups excluding carboxylic acids is 2. The first kappa shape index (κ1) is 24.0. The van der Waals surface area contributed by atoms with Gasteiger partial charge in [0.2, 0.25) is 11.8 Å². The zero-order chi connectivity index (χ0) is 22.1. The molecule has 0 saturated carbocycles. The molecule has 0 unspecified atom stereocenters. The Morgan fingerprint density at radius 3 is 2.30 bits per heavy atom. The fourth-order valence-corrected chi connectivity index (χ4v) is 4.01. The van der Waals surface area contributed by atoms with Gasteiger partial charge in [0.15, 0.2) is 0 Å². The number of thioether (sulfide) groups is 1. The van der Waals surface area contributed by atoms with Crippen LogP contribution in [0.3, 0.4) is 0 Å². The molecule has 2 aromatic rings. The van der Waals surface area contributed by atoms with E-state index < -0.39 is 6.04 Å². The summed E-state index contributed by atoms with van der Waals surface area (Å²) in [5.41, 5.74) is 3.38. The van der Waals surface area contributed by atoms with Crippen molar-refractivity contribution in [3.8, 4) is 0 Å². The zero-order valence-electron chi connectivity index (χ0n) is 18.8. The third kappa shape index (κ3) is 7.21. The van der Waals surface area contributed by atoms with E-state index in [-0.39, 0.29) is 17.9 Å². The van der Waals surface area contributed by atoms with E-state index in [2.05, 4.69) is 11.4 Å². The van der Waals surface area contributed by atoms with Crippen molar-refractivity contribution in [2.75, 3.05) is 5.75 Å². The predicted octanol–water partition coefficient (Wildman–Crippen LogP) is 5.12. The van der Waals surface area contributed by atoms with Gasteiger partial charge in [0.25, 0.3) is 0 Å². The molecule has 2 rings (SSSR count). The Kier molecular flexibility index (Phi) is 9.44. The summed E-state index contributed by atoms with van der Waals surface area (Å²) in [6, 6.07) is 15.9. The monoisotopic (exact) mass is 426 g/mol. The van der Waals surface area contributed by atoms with Crippen LogP contribution in [-0.4, -0.2) is 34.6 Å². The third-order valence-corrected chi connectivity index (χ3v) is 6.20. The molecule has 0 aliphatic rings. The van der Waals surface area contributed by atoms with Crippen molar-refractivity contribution >= 4 is 23.6 Å². The summed E-state index contributed by atoms with van der Waals surface area (Å²) in [7, 11) is 0. The van der Waals surface area contributed by atoms with E-state index in [1.807, 2.05) is 77.1 Å². The molecule has 0 radical (unpaired) electrons. The highest BCUT2D eigenvalue weighted by Gasteiger charge is 2.29. The molecular formula is C25H34N2O2S. The summed E-state index contributed by atoms with van der Waals surface area (Å²) >= 11 is 1.51. The summed E-state index contributed by atoms with van der Waals surface area (Å²) in [6.45, 7) is 10.5. The second-order valence-corrected chi connectivity index (χ2v) is 8.90. The lowest BCUT2D eigenvalue weighted by atomic mass is 10.1. The van der Waals surface area contributed by atoms with E-state index in [4.69, 9.17) is 0 Å². The Labute approximate surface area is 185 Å². The Morgan fingerprint density at radius 1 is 1.00 bits per heavy atom. The molecule has 0 saturated heterocycles. The number of aryl methyl sites for hydroxylation is 2. The molecule has 2 atom stereocenters. The minimum Gasteiger partial charge on any atom is -0.352 e. The molecule has 30 heavy (non-hydrogen) atoms. The molecule has 0 aromatic heterocycles. The van der Waals surface area contributed by atoms with Crippen LogP contribution in [0.4, 0.5) is 0 Å². The van der Waals surface area contributed by atoms with Gasteiger partial charge >= 0.3 is 0 Å². The quantitative estimate of drug-likeness (QED) is 0.537. The van der Waals surface area contributed by atoms with Gasteiger partial charge in [-0.3, -0.25) is 9.59 Å². The molecule has 5 heteroatoms. The molecule has 2 aromatic carbocycles. The topological polar surface area (TPSA) is 49.4 Å². The second-order valence-electron chi connectivity index (χ2n) is 7.85. The minimum absolute atomic E-state index is 0.0202. The molecule has 2 amide bonds. The second kappa shape index (κ2) is 11.8. The van der Waals surface area contributed by atoms with Gasteiger partial charge in [-0.2, -0.15) is 0 Å². The molecule has 162 valence electrons. The number of hydrogen-bond donors (Lipinski definition) is 1. The van der Waals surface area contributed by atoms with Crippen molar-refractivity contribution in [3.05, 3.63) is 65.2 Å². The van der Waals surface area contributed by atoms with Gasteiger partial charge in [0, 0.05) is 17.5 Å². The Balaban J connectivity index is 2.20. The Hall–Kier alpha value is -2.27. The zero-order valence-corrected chi connectivity index (χ0v) is 19.6. The lowest BCUT2D eigenvalue weighted by molar-refractivity contribution is -0.139. The fourth-order valence-electron chi connectivity index (χ4n) is 3.23. The lowest BCUT2D eigenvalue weighted by Gasteiger charge is -2.31. The van der Waals surface area contributed by atoms with Crippen LogP contribution in [0.5, 0.6) is 0 Å². The summed E-state index contributed by atoms with van der Waals surface area (Å²) in [5.74, 6) is 0.212. The number of carbonyl (C=O) groups is 2. The summed E-state index contributed by atoms with van der Waals surface area (Å²) in [4.78, 5) is 29.0. The maximum absolute atomic E-state index is 13.3. The van der Waals surface area contributed by atoms with E-state index >= 15 is 0 Å². The van der Waals surface area contributed by atoms with Crippen LogP contribution in [0.1, 0.15) is 50.3 Å². The first-order chi connectivity index (χ1) is 14.3. The molecule has 0 spiro atoms. The first-order valence-corrected chi connectivity index (χ1v) is 11.7.